The Bertz CT molecular complexity index is 1580. The molecule has 10 nitrogen and oxygen atoms in total. The highest BCUT2D eigenvalue weighted by Gasteiger charge is 2.25. The van der Waals surface area contributed by atoms with Crippen molar-refractivity contribution >= 4 is 28.4 Å². The van der Waals surface area contributed by atoms with Crippen molar-refractivity contribution in [2.75, 3.05) is 50.6 Å². The smallest absolute Gasteiger partial charge is 0.135 e. The van der Waals surface area contributed by atoms with Gasteiger partial charge in [0, 0.05) is 61.1 Å². The molecule has 0 aliphatic carbocycles. The Morgan fingerprint density at radius 3 is 2.74 bits per heavy atom. The monoisotopic (exact) mass is 568 g/mol. The Balaban J connectivity index is 1.40. The third-order valence-corrected chi connectivity index (χ3v) is 8.52. The van der Waals surface area contributed by atoms with Crippen LogP contribution in [0.4, 0.5) is 17.1 Å². The molecule has 2 saturated heterocycles. The van der Waals surface area contributed by atoms with Crippen LogP contribution in [0.15, 0.2) is 60.1 Å². The van der Waals surface area contributed by atoms with E-state index in [1.54, 1.807) is 24.4 Å². The number of rotatable bonds is 8. The van der Waals surface area contributed by atoms with Gasteiger partial charge in [0.05, 0.1) is 41.3 Å². The number of hydrogen-bond acceptors (Lipinski definition) is 8. The van der Waals surface area contributed by atoms with Gasteiger partial charge in [0.15, 0.2) is 0 Å². The van der Waals surface area contributed by atoms with Gasteiger partial charge in [-0.05, 0) is 75.7 Å². The fraction of sp³-hybridized carbons (Fsp3) is 0.406. The number of amidine groups is 1. The first kappa shape index (κ1) is 28.0. The number of anilines is 2. The summed E-state index contributed by atoms with van der Waals surface area (Å²) in [4.78, 5) is 14.1. The average Bonchev–Trinajstić information content (AvgIpc) is 3.68. The lowest BCUT2D eigenvalue weighted by Crippen LogP contribution is -2.42. The minimum atomic E-state index is 0.160. The van der Waals surface area contributed by atoms with Gasteiger partial charge in [-0.25, -0.2) is 9.51 Å². The fourth-order valence-electron chi connectivity index (χ4n) is 6.06. The number of nitrogens with one attached hydrogen (secondary N) is 1. The van der Waals surface area contributed by atoms with Gasteiger partial charge in [-0.15, -0.1) is 0 Å². The lowest BCUT2D eigenvalue weighted by Gasteiger charge is -2.37. The van der Waals surface area contributed by atoms with Crippen LogP contribution < -0.4 is 16.0 Å². The summed E-state index contributed by atoms with van der Waals surface area (Å²) in [5, 5.41) is 18.4. The van der Waals surface area contributed by atoms with Crippen molar-refractivity contribution in [2.45, 2.75) is 44.7 Å². The van der Waals surface area contributed by atoms with E-state index in [0.717, 1.165) is 84.5 Å². The molecule has 10 heteroatoms. The summed E-state index contributed by atoms with van der Waals surface area (Å²) in [6.45, 7) is 5.40. The second-order valence-corrected chi connectivity index (χ2v) is 11.4. The number of aromatic hydroxyl groups is 1. The van der Waals surface area contributed by atoms with Gasteiger partial charge in [-0.1, -0.05) is 6.92 Å². The predicted octanol–water partition coefficient (Wildman–Crippen LogP) is 4.43. The zero-order valence-electron chi connectivity index (χ0n) is 24.6. The maximum atomic E-state index is 9.95. The summed E-state index contributed by atoms with van der Waals surface area (Å²) in [5.41, 5.74) is 14.2. The van der Waals surface area contributed by atoms with E-state index in [1.165, 1.54) is 5.69 Å². The Hall–Kier alpha value is -4.15. The number of aryl methyl sites for hydroxylation is 1. The zero-order chi connectivity index (χ0) is 29.2. The number of nitrogens with zero attached hydrogens (tertiary/aromatic N) is 6. The zero-order valence-corrected chi connectivity index (χ0v) is 24.6. The number of pyridine rings is 1. The highest BCUT2D eigenvalue weighted by Crippen LogP contribution is 2.36. The van der Waals surface area contributed by atoms with Gasteiger partial charge in [-0.2, -0.15) is 5.10 Å². The van der Waals surface area contributed by atoms with Crippen molar-refractivity contribution in [2.24, 2.45) is 10.7 Å². The van der Waals surface area contributed by atoms with E-state index >= 15 is 0 Å². The quantitative estimate of drug-likeness (QED) is 0.211. The van der Waals surface area contributed by atoms with E-state index in [9.17, 15) is 5.11 Å². The lowest BCUT2D eigenvalue weighted by molar-refractivity contribution is 0.195. The molecule has 1 atom stereocenters. The molecule has 2 aliphatic rings. The van der Waals surface area contributed by atoms with Crippen molar-refractivity contribution in [3.8, 4) is 16.9 Å². The maximum absolute atomic E-state index is 9.95. The summed E-state index contributed by atoms with van der Waals surface area (Å²) < 4.78 is 7.57. The first-order valence-corrected chi connectivity index (χ1v) is 14.8. The standard InChI is InChI=1S/C32H40N8O2/c1-4-21-15-25(41)5-6-28(21)37-32(33)27-18-35-40-19-22(16-30(40)31(27)36-23-10-14-42-20-23)26-17-34-11-7-29(26)39-12-8-24(9-13-39)38(2)3/h5-7,11,15-19,23-24,36,41H,4,8-10,12-14,20H2,1-3H3,(H2,33,37)/t23-/m1/s1. The summed E-state index contributed by atoms with van der Waals surface area (Å²) in [7, 11) is 4.33. The number of fused-ring (bicyclic) bond motifs is 1. The second kappa shape index (κ2) is 12.0. The Morgan fingerprint density at radius 1 is 1.17 bits per heavy atom. The molecule has 3 aromatic heterocycles. The van der Waals surface area contributed by atoms with E-state index < -0.39 is 0 Å². The molecule has 0 saturated carbocycles. The molecular formula is C32H40N8O2. The number of nitrogens with two attached hydrogens (primary N) is 1. The molecule has 220 valence electrons. The van der Waals surface area contributed by atoms with Crippen LogP contribution in [0, 0.1) is 0 Å². The summed E-state index contributed by atoms with van der Waals surface area (Å²) in [6, 6.07) is 10.2. The van der Waals surface area contributed by atoms with Gasteiger partial charge < -0.3 is 30.7 Å². The third-order valence-electron chi connectivity index (χ3n) is 8.52. The van der Waals surface area contributed by atoms with Gasteiger partial charge in [-0.3, -0.25) is 4.98 Å². The Labute approximate surface area is 246 Å². The van der Waals surface area contributed by atoms with Crippen molar-refractivity contribution in [3.63, 3.8) is 0 Å². The molecule has 2 aliphatic heterocycles. The summed E-state index contributed by atoms with van der Waals surface area (Å²) in [6.07, 6.45) is 11.6. The molecule has 2 fully saturated rings. The van der Waals surface area contributed by atoms with Crippen LogP contribution in [-0.4, -0.2) is 82.9 Å². The Kier molecular flexibility index (Phi) is 7.99. The molecule has 0 radical (unpaired) electrons. The first-order chi connectivity index (χ1) is 20.4. The molecule has 4 N–H and O–H groups in total. The molecule has 5 heterocycles. The molecule has 42 heavy (non-hydrogen) atoms. The molecular weight excluding hydrogens is 528 g/mol. The number of hydrogen-bond donors (Lipinski definition) is 3. The first-order valence-electron chi connectivity index (χ1n) is 14.8. The number of ether oxygens (including phenoxy) is 1. The van der Waals surface area contributed by atoms with Crippen LogP contribution in [0.1, 0.15) is 37.3 Å². The van der Waals surface area contributed by atoms with E-state index in [4.69, 9.17) is 20.6 Å². The van der Waals surface area contributed by atoms with Crippen LogP contribution in [0.5, 0.6) is 5.75 Å². The molecule has 0 spiro atoms. The molecule has 0 unspecified atom stereocenters. The van der Waals surface area contributed by atoms with Gasteiger partial charge in [0.25, 0.3) is 0 Å². The maximum Gasteiger partial charge on any atom is 0.135 e. The second-order valence-electron chi connectivity index (χ2n) is 11.4. The van der Waals surface area contributed by atoms with E-state index in [2.05, 4.69) is 52.5 Å². The van der Waals surface area contributed by atoms with Crippen molar-refractivity contribution in [1.29, 1.82) is 0 Å². The number of aromatic nitrogens is 3. The van der Waals surface area contributed by atoms with Gasteiger partial charge in [0.1, 0.15) is 11.6 Å². The number of phenols is 1. The summed E-state index contributed by atoms with van der Waals surface area (Å²) >= 11 is 0. The van der Waals surface area contributed by atoms with E-state index in [0.29, 0.717) is 18.5 Å². The fourth-order valence-corrected chi connectivity index (χ4v) is 6.06. The van der Waals surface area contributed by atoms with Crippen LogP contribution in [0.25, 0.3) is 16.6 Å². The van der Waals surface area contributed by atoms with Crippen LogP contribution in [0.3, 0.4) is 0 Å². The third kappa shape index (κ3) is 5.64. The van der Waals surface area contributed by atoms with Crippen molar-refractivity contribution in [1.82, 2.24) is 19.5 Å². The Morgan fingerprint density at radius 2 is 2.00 bits per heavy atom. The number of phenolic OH excluding ortho intramolecular Hbond substituents is 1. The van der Waals surface area contributed by atoms with Crippen LogP contribution in [0.2, 0.25) is 0 Å². The topological polar surface area (TPSA) is 117 Å². The van der Waals surface area contributed by atoms with Crippen molar-refractivity contribution < 1.29 is 9.84 Å². The minimum Gasteiger partial charge on any atom is -0.508 e. The van der Waals surface area contributed by atoms with Crippen LogP contribution >= 0.6 is 0 Å². The van der Waals surface area contributed by atoms with E-state index in [1.807, 2.05) is 23.8 Å². The number of benzene rings is 1. The normalized spacial score (nSPS) is 18.3. The average molecular weight is 569 g/mol. The number of aliphatic imine (C=N–C) groups is 1. The predicted molar refractivity (Wildman–Crippen MR) is 168 cm³/mol. The highest BCUT2D eigenvalue weighted by molar-refractivity contribution is 6.06. The molecule has 0 bridgehead atoms. The van der Waals surface area contributed by atoms with Gasteiger partial charge in [0.2, 0.25) is 0 Å². The lowest BCUT2D eigenvalue weighted by atomic mass is 10.0. The van der Waals surface area contributed by atoms with Crippen molar-refractivity contribution in [3.05, 3.63) is 66.2 Å². The van der Waals surface area contributed by atoms with Gasteiger partial charge >= 0.3 is 0 Å². The summed E-state index contributed by atoms with van der Waals surface area (Å²) in [5.74, 6) is 0.578. The largest absolute Gasteiger partial charge is 0.508 e. The molecule has 6 rings (SSSR count). The van der Waals surface area contributed by atoms with E-state index in [-0.39, 0.29) is 11.8 Å². The molecule has 1 aromatic carbocycles. The SMILES string of the molecule is CCc1cc(O)ccc1N=C(N)c1cnn2cc(-c3cnccc3N3CCC(N(C)C)CC3)cc2c1N[C@@H]1CCOC1. The molecule has 0 amide bonds. The van der Waals surface area contributed by atoms with Crippen LogP contribution in [-0.2, 0) is 11.2 Å². The number of piperidine rings is 1. The minimum absolute atomic E-state index is 0.160. The molecule has 4 aromatic rings. The highest BCUT2D eigenvalue weighted by atomic mass is 16.5.